The fourth-order valence-electron chi connectivity index (χ4n) is 2.45. The van der Waals surface area contributed by atoms with E-state index in [0.29, 0.717) is 29.5 Å². The quantitative estimate of drug-likeness (QED) is 0.846. The summed E-state index contributed by atoms with van der Waals surface area (Å²) in [6, 6.07) is 10.4. The van der Waals surface area contributed by atoms with E-state index in [-0.39, 0.29) is 12.0 Å². The fourth-order valence-corrected chi connectivity index (χ4v) is 2.45. The van der Waals surface area contributed by atoms with Crippen LogP contribution in [0.15, 0.2) is 36.4 Å². The van der Waals surface area contributed by atoms with Crippen LogP contribution in [0.25, 0.3) is 0 Å². The number of hydrogen-bond donors (Lipinski definition) is 2. The lowest BCUT2D eigenvalue weighted by Gasteiger charge is -2.11. The van der Waals surface area contributed by atoms with Gasteiger partial charge in [-0.05, 0) is 49.2 Å². The third-order valence-corrected chi connectivity index (χ3v) is 3.79. The normalized spacial score (nSPS) is 16.6. The second kappa shape index (κ2) is 7.74. The van der Waals surface area contributed by atoms with E-state index in [9.17, 15) is 4.79 Å². The second-order valence-electron chi connectivity index (χ2n) is 5.50. The van der Waals surface area contributed by atoms with Crippen LogP contribution in [0, 0.1) is 0 Å². The maximum atomic E-state index is 12.1. The largest absolute Gasteiger partial charge is 0.497 e. The van der Waals surface area contributed by atoms with Gasteiger partial charge in [-0.2, -0.15) is 0 Å². The van der Waals surface area contributed by atoms with Crippen molar-refractivity contribution in [1.82, 2.24) is 10.2 Å². The molecular formula is C17H20N4O3. The highest BCUT2D eigenvalue weighted by atomic mass is 16.5. The molecule has 7 heteroatoms. The van der Waals surface area contributed by atoms with Crippen LogP contribution in [0.2, 0.25) is 0 Å². The van der Waals surface area contributed by atoms with E-state index in [1.807, 2.05) is 0 Å². The number of carbonyl (C=O) groups excluding carboxylic acids is 1. The zero-order valence-electron chi connectivity index (χ0n) is 13.5. The molecule has 1 saturated heterocycles. The van der Waals surface area contributed by atoms with Gasteiger partial charge in [0.2, 0.25) is 0 Å². The third-order valence-electron chi connectivity index (χ3n) is 3.79. The predicted molar refractivity (Wildman–Crippen MR) is 90.4 cm³/mol. The van der Waals surface area contributed by atoms with E-state index in [1.54, 1.807) is 43.5 Å². The molecule has 1 fully saturated rings. The van der Waals surface area contributed by atoms with Gasteiger partial charge in [-0.25, -0.2) is 0 Å². The van der Waals surface area contributed by atoms with E-state index in [2.05, 4.69) is 20.8 Å². The van der Waals surface area contributed by atoms with Crippen LogP contribution >= 0.6 is 0 Å². The summed E-state index contributed by atoms with van der Waals surface area (Å²) in [6.45, 7) is 1.54. The van der Waals surface area contributed by atoms with Gasteiger partial charge in [-0.1, -0.05) is 0 Å². The minimum absolute atomic E-state index is 0.237. The molecule has 1 atom stereocenters. The molecule has 0 spiro atoms. The molecule has 2 N–H and O–H groups in total. The molecule has 3 rings (SSSR count). The number of methoxy groups -OCH3 is 1. The first kappa shape index (κ1) is 16.2. The van der Waals surface area contributed by atoms with Crippen LogP contribution in [-0.2, 0) is 4.74 Å². The molecule has 1 aromatic heterocycles. The van der Waals surface area contributed by atoms with Crippen LogP contribution in [-0.4, -0.2) is 42.5 Å². The zero-order chi connectivity index (χ0) is 16.8. The summed E-state index contributed by atoms with van der Waals surface area (Å²) in [5.74, 6) is 1.52. The molecule has 0 bridgehead atoms. The van der Waals surface area contributed by atoms with E-state index >= 15 is 0 Å². The smallest absolute Gasteiger partial charge is 0.256 e. The molecule has 2 heterocycles. The Morgan fingerprint density at radius 1 is 1.21 bits per heavy atom. The second-order valence-corrected chi connectivity index (χ2v) is 5.50. The van der Waals surface area contributed by atoms with Crippen LogP contribution < -0.4 is 15.4 Å². The molecule has 24 heavy (non-hydrogen) atoms. The number of rotatable bonds is 6. The van der Waals surface area contributed by atoms with Gasteiger partial charge in [0.15, 0.2) is 5.82 Å². The molecule has 1 aliphatic heterocycles. The lowest BCUT2D eigenvalue weighted by atomic mass is 10.2. The molecule has 1 aromatic carbocycles. The summed E-state index contributed by atoms with van der Waals surface area (Å²) < 4.78 is 10.6. The molecule has 7 nitrogen and oxygen atoms in total. The van der Waals surface area contributed by atoms with Crippen molar-refractivity contribution >= 4 is 17.5 Å². The zero-order valence-corrected chi connectivity index (χ0v) is 13.5. The minimum atomic E-state index is -0.244. The van der Waals surface area contributed by atoms with Crippen LogP contribution in [0.4, 0.5) is 11.6 Å². The Kier molecular flexibility index (Phi) is 5.22. The van der Waals surface area contributed by atoms with Gasteiger partial charge < -0.3 is 20.1 Å². The topological polar surface area (TPSA) is 85.4 Å². The van der Waals surface area contributed by atoms with Crippen LogP contribution in [0.3, 0.4) is 0 Å². The van der Waals surface area contributed by atoms with Crippen LogP contribution in [0.5, 0.6) is 5.75 Å². The van der Waals surface area contributed by atoms with Gasteiger partial charge >= 0.3 is 0 Å². The minimum Gasteiger partial charge on any atom is -0.497 e. The van der Waals surface area contributed by atoms with Crippen molar-refractivity contribution in [3.05, 3.63) is 42.0 Å². The summed E-state index contributed by atoms with van der Waals surface area (Å²) in [7, 11) is 1.58. The molecule has 126 valence electrons. The number of amides is 1. The summed E-state index contributed by atoms with van der Waals surface area (Å²) in [6.07, 6.45) is 2.41. The highest BCUT2D eigenvalue weighted by Crippen LogP contribution is 2.15. The van der Waals surface area contributed by atoms with Crippen molar-refractivity contribution in [1.29, 1.82) is 0 Å². The lowest BCUT2D eigenvalue weighted by molar-refractivity contribution is 0.102. The summed E-state index contributed by atoms with van der Waals surface area (Å²) >= 11 is 0. The van der Waals surface area contributed by atoms with E-state index in [0.717, 1.165) is 19.4 Å². The molecule has 2 aromatic rings. The van der Waals surface area contributed by atoms with Gasteiger partial charge in [-0.15, -0.1) is 10.2 Å². The van der Waals surface area contributed by atoms with Crippen molar-refractivity contribution in [3.8, 4) is 5.75 Å². The molecule has 1 aliphatic rings. The third kappa shape index (κ3) is 4.20. The molecular weight excluding hydrogens is 308 g/mol. The number of aromatic nitrogens is 2. The highest BCUT2D eigenvalue weighted by molar-refractivity contribution is 6.03. The van der Waals surface area contributed by atoms with Gasteiger partial charge in [0.1, 0.15) is 11.6 Å². The number of hydrogen-bond acceptors (Lipinski definition) is 6. The molecule has 0 aliphatic carbocycles. The van der Waals surface area contributed by atoms with Gasteiger partial charge in [0, 0.05) is 18.7 Å². The van der Waals surface area contributed by atoms with Crippen molar-refractivity contribution in [2.24, 2.45) is 0 Å². The molecule has 1 amide bonds. The summed E-state index contributed by atoms with van der Waals surface area (Å²) in [5.41, 5.74) is 0.526. The number of ether oxygens (including phenoxy) is 2. The number of carbonyl (C=O) groups is 1. The number of anilines is 2. The number of benzene rings is 1. The Morgan fingerprint density at radius 2 is 1.96 bits per heavy atom. The Morgan fingerprint density at radius 3 is 2.58 bits per heavy atom. The standard InChI is InChI=1S/C17H20N4O3/c1-23-13-6-4-12(5-7-13)17(22)19-16-9-8-15(20-21-16)18-11-14-3-2-10-24-14/h4-9,14H,2-3,10-11H2,1H3,(H,18,20)(H,19,21,22). The van der Waals surface area contributed by atoms with Crippen LogP contribution in [0.1, 0.15) is 23.2 Å². The Hall–Kier alpha value is -2.67. The van der Waals surface area contributed by atoms with Crippen molar-refractivity contribution < 1.29 is 14.3 Å². The van der Waals surface area contributed by atoms with E-state index in [4.69, 9.17) is 9.47 Å². The number of nitrogens with one attached hydrogen (secondary N) is 2. The van der Waals surface area contributed by atoms with Gasteiger partial charge in [0.25, 0.3) is 5.91 Å². The predicted octanol–water partition coefficient (Wildman–Crippen LogP) is 2.33. The van der Waals surface area contributed by atoms with Gasteiger partial charge in [-0.3, -0.25) is 4.79 Å². The first-order valence-corrected chi connectivity index (χ1v) is 7.89. The lowest BCUT2D eigenvalue weighted by Crippen LogP contribution is -2.19. The van der Waals surface area contributed by atoms with Crippen molar-refractivity contribution in [2.75, 3.05) is 30.9 Å². The Balaban J connectivity index is 1.53. The average Bonchev–Trinajstić information content (AvgIpc) is 3.15. The maximum Gasteiger partial charge on any atom is 0.256 e. The summed E-state index contributed by atoms with van der Waals surface area (Å²) in [4.78, 5) is 12.1. The highest BCUT2D eigenvalue weighted by Gasteiger charge is 2.15. The number of nitrogens with zero attached hydrogens (tertiary/aromatic N) is 2. The Labute approximate surface area is 140 Å². The molecule has 0 radical (unpaired) electrons. The summed E-state index contributed by atoms with van der Waals surface area (Å²) in [5, 5.41) is 14.0. The first-order chi connectivity index (χ1) is 11.7. The first-order valence-electron chi connectivity index (χ1n) is 7.89. The van der Waals surface area contributed by atoms with Crippen molar-refractivity contribution in [3.63, 3.8) is 0 Å². The van der Waals surface area contributed by atoms with Crippen molar-refractivity contribution in [2.45, 2.75) is 18.9 Å². The molecule has 1 unspecified atom stereocenters. The average molecular weight is 328 g/mol. The van der Waals surface area contributed by atoms with Gasteiger partial charge in [0.05, 0.1) is 13.2 Å². The fraction of sp³-hybridized carbons (Fsp3) is 0.353. The SMILES string of the molecule is COc1ccc(C(=O)Nc2ccc(NCC3CCCO3)nn2)cc1. The van der Waals surface area contributed by atoms with E-state index in [1.165, 1.54) is 0 Å². The maximum absolute atomic E-state index is 12.1. The monoisotopic (exact) mass is 328 g/mol. The Bertz CT molecular complexity index is 667. The molecule has 0 saturated carbocycles. The van der Waals surface area contributed by atoms with E-state index < -0.39 is 0 Å².